The van der Waals surface area contributed by atoms with Gasteiger partial charge in [0.1, 0.15) is 0 Å². The fourth-order valence-corrected chi connectivity index (χ4v) is 5.91. The molecule has 4 rings (SSSR count). The monoisotopic (exact) mass is 494 g/mol. The van der Waals surface area contributed by atoms with E-state index in [1.165, 1.54) is 23.5 Å². The first-order chi connectivity index (χ1) is 16.1. The molecule has 0 saturated heterocycles. The highest BCUT2D eigenvalue weighted by Crippen LogP contribution is 2.43. The van der Waals surface area contributed by atoms with Crippen molar-refractivity contribution in [3.8, 4) is 6.07 Å². The Morgan fingerprint density at radius 1 is 1.18 bits per heavy atom. The van der Waals surface area contributed by atoms with Crippen LogP contribution in [-0.4, -0.2) is 30.5 Å². The molecule has 0 radical (unpaired) electrons. The van der Waals surface area contributed by atoms with E-state index < -0.39 is 9.84 Å². The molecule has 1 atom stereocenters. The van der Waals surface area contributed by atoms with Gasteiger partial charge in [0, 0.05) is 24.2 Å². The summed E-state index contributed by atoms with van der Waals surface area (Å²) in [6, 6.07) is 16.3. The van der Waals surface area contributed by atoms with Crippen LogP contribution in [0.2, 0.25) is 0 Å². The lowest BCUT2D eigenvalue weighted by molar-refractivity contribution is -0.115. The molecule has 0 saturated carbocycles. The zero-order valence-electron chi connectivity index (χ0n) is 19.3. The Kier molecular flexibility index (Phi) is 6.84. The van der Waals surface area contributed by atoms with Crippen molar-refractivity contribution in [1.29, 1.82) is 5.26 Å². The van der Waals surface area contributed by atoms with Crippen LogP contribution < -0.4 is 5.32 Å². The van der Waals surface area contributed by atoms with E-state index >= 15 is 0 Å². The maximum atomic E-state index is 12.6. The average molecular weight is 495 g/mol. The van der Waals surface area contributed by atoms with E-state index in [0.717, 1.165) is 41.0 Å². The number of rotatable bonds is 7. The molecule has 3 aromatic rings. The molecule has 0 fully saturated rings. The van der Waals surface area contributed by atoms with Crippen molar-refractivity contribution in [2.45, 2.75) is 44.3 Å². The number of carbonyl (C=O) groups is 1. The molecule has 1 unspecified atom stereocenters. The van der Waals surface area contributed by atoms with Crippen molar-refractivity contribution < 1.29 is 13.2 Å². The summed E-state index contributed by atoms with van der Waals surface area (Å²) in [5.74, 6) is 0.161. The molecule has 1 aliphatic heterocycles. The summed E-state index contributed by atoms with van der Waals surface area (Å²) in [6.07, 6.45) is 1.30. The molecule has 1 N–H and O–H groups in total. The van der Waals surface area contributed by atoms with E-state index in [2.05, 4.69) is 30.1 Å². The fraction of sp³-hybridized carbons (Fsp3) is 0.320. The van der Waals surface area contributed by atoms with Crippen molar-refractivity contribution in [1.82, 2.24) is 9.88 Å². The maximum Gasteiger partial charge on any atom is 0.230 e. The molecule has 1 aliphatic rings. The van der Waals surface area contributed by atoms with Crippen molar-refractivity contribution in [3.05, 3.63) is 75.8 Å². The number of benzene rings is 2. The number of aromatic nitrogens is 1. The molecule has 0 spiro atoms. The largest absolute Gasteiger partial charge is 0.302 e. The zero-order chi connectivity index (χ0) is 24.5. The van der Waals surface area contributed by atoms with Gasteiger partial charge in [0.25, 0.3) is 0 Å². The van der Waals surface area contributed by atoms with E-state index in [1.54, 1.807) is 12.1 Å². The number of hydrogen-bond acceptors (Lipinski definition) is 7. The first-order valence-corrected chi connectivity index (χ1v) is 13.7. The second-order valence-electron chi connectivity index (χ2n) is 8.87. The number of fused-ring (bicyclic) bond motifs is 1. The van der Waals surface area contributed by atoms with E-state index in [0.29, 0.717) is 16.6 Å². The number of sulfone groups is 1. The van der Waals surface area contributed by atoms with Gasteiger partial charge in [-0.2, -0.15) is 5.26 Å². The number of nitrogens with zero attached hydrogens (tertiary/aromatic N) is 3. The predicted octanol–water partition coefficient (Wildman–Crippen LogP) is 4.31. The lowest BCUT2D eigenvalue weighted by Crippen LogP contribution is -2.26. The summed E-state index contributed by atoms with van der Waals surface area (Å²) >= 11 is 1.50. The average Bonchev–Trinajstić information content (AvgIpc) is 3.30. The van der Waals surface area contributed by atoms with Crippen LogP contribution in [-0.2, 0) is 34.1 Å². The highest BCUT2D eigenvalue weighted by Gasteiger charge is 2.36. The summed E-state index contributed by atoms with van der Waals surface area (Å²) < 4.78 is 23.2. The second kappa shape index (κ2) is 9.66. The molecule has 2 aromatic carbocycles. The van der Waals surface area contributed by atoms with Gasteiger partial charge in [0.15, 0.2) is 15.0 Å². The van der Waals surface area contributed by atoms with Crippen LogP contribution in [0.5, 0.6) is 0 Å². The SMILES string of the molecule is CC(C)C1c2nc(NC(=O)Cc3ccc(S(C)(=O)=O)cc3)sc2CN1Cc1ccc(C#N)cc1. The first kappa shape index (κ1) is 24.1. The minimum absolute atomic E-state index is 0.146. The van der Waals surface area contributed by atoms with E-state index in [-0.39, 0.29) is 23.3 Å². The maximum absolute atomic E-state index is 12.6. The van der Waals surface area contributed by atoms with E-state index in [4.69, 9.17) is 10.2 Å². The summed E-state index contributed by atoms with van der Waals surface area (Å²) in [5.41, 5.74) is 3.55. The van der Waals surface area contributed by atoms with Crippen molar-refractivity contribution in [2.24, 2.45) is 5.92 Å². The highest BCUT2D eigenvalue weighted by atomic mass is 32.2. The minimum atomic E-state index is -3.26. The van der Waals surface area contributed by atoms with Gasteiger partial charge in [-0.25, -0.2) is 13.4 Å². The second-order valence-corrected chi connectivity index (χ2v) is 12.0. The van der Waals surface area contributed by atoms with Crippen molar-refractivity contribution in [3.63, 3.8) is 0 Å². The van der Waals surface area contributed by atoms with Crippen molar-refractivity contribution in [2.75, 3.05) is 11.6 Å². The van der Waals surface area contributed by atoms with Gasteiger partial charge in [-0.15, -0.1) is 11.3 Å². The molecule has 176 valence electrons. The molecule has 9 heteroatoms. The normalized spacial score (nSPS) is 15.8. The molecular weight excluding hydrogens is 468 g/mol. The molecule has 0 bridgehead atoms. The summed E-state index contributed by atoms with van der Waals surface area (Å²) in [6.45, 7) is 5.87. The lowest BCUT2D eigenvalue weighted by atomic mass is 10.0. The lowest BCUT2D eigenvalue weighted by Gasteiger charge is -2.27. The number of thiazole rings is 1. The number of anilines is 1. The summed E-state index contributed by atoms with van der Waals surface area (Å²) in [4.78, 5) is 21.1. The third kappa shape index (κ3) is 5.36. The van der Waals surface area contributed by atoms with Gasteiger partial charge in [-0.05, 0) is 41.3 Å². The van der Waals surface area contributed by atoms with E-state index in [1.807, 2.05) is 24.3 Å². The Morgan fingerprint density at radius 2 is 1.82 bits per heavy atom. The van der Waals surface area contributed by atoms with Gasteiger partial charge in [-0.3, -0.25) is 9.69 Å². The van der Waals surface area contributed by atoms with Crippen molar-refractivity contribution >= 4 is 32.2 Å². The zero-order valence-corrected chi connectivity index (χ0v) is 20.9. The van der Waals surface area contributed by atoms with Gasteiger partial charge < -0.3 is 5.32 Å². The number of carbonyl (C=O) groups excluding carboxylic acids is 1. The topological polar surface area (TPSA) is 103 Å². The third-order valence-electron chi connectivity index (χ3n) is 5.81. The molecule has 2 heterocycles. The van der Waals surface area contributed by atoms with E-state index in [9.17, 15) is 13.2 Å². The van der Waals surface area contributed by atoms with Crippen LogP contribution in [0.15, 0.2) is 53.4 Å². The first-order valence-electron chi connectivity index (χ1n) is 11.0. The van der Waals surface area contributed by atoms with Crippen LogP contribution in [0.25, 0.3) is 0 Å². The number of hydrogen-bond donors (Lipinski definition) is 1. The predicted molar refractivity (Wildman–Crippen MR) is 132 cm³/mol. The standard InChI is InChI=1S/C25H26N4O3S2/c1-16(2)24-23-21(15-29(24)14-19-6-4-18(13-26)5-7-19)33-25(28-23)27-22(30)12-17-8-10-20(11-9-17)34(3,31)32/h4-11,16,24H,12,14-15H2,1-3H3,(H,27,28,30). The molecule has 7 nitrogen and oxygen atoms in total. The van der Waals surface area contributed by atoms with Gasteiger partial charge in [-0.1, -0.05) is 38.1 Å². The smallest absolute Gasteiger partial charge is 0.230 e. The van der Waals surface area contributed by atoms with Crippen LogP contribution in [0.3, 0.4) is 0 Å². The van der Waals surface area contributed by atoms with Gasteiger partial charge in [0.2, 0.25) is 5.91 Å². The van der Waals surface area contributed by atoms with Gasteiger partial charge >= 0.3 is 0 Å². The van der Waals surface area contributed by atoms with Gasteiger partial charge in [0.05, 0.1) is 34.7 Å². The summed E-state index contributed by atoms with van der Waals surface area (Å²) in [7, 11) is -3.26. The highest BCUT2D eigenvalue weighted by molar-refractivity contribution is 7.90. The number of nitriles is 1. The number of amides is 1. The Morgan fingerprint density at radius 3 is 2.41 bits per heavy atom. The molecule has 0 aliphatic carbocycles. The Balaban J connectivity index is 1.42. The van der Waals surface area contributed by atoms with Crippen LogP contribution >= 0.6 is 11.3 Å². The summed E-state index contributed by atoms with van der Waals surface area (Å²) in [5, 5.41) is 12.5. The Hall–Kier alpha value is -3.06. The fourth-order valence-electron chi connectivity index (χ4n) is 4.23. The Labute approximate surface area is 204 Å². The molecule has 34 heavy (non-hydrogen) atoms. The Bertz CT molecular complexity index is 1340. The van der Waals surface area contributed by atoms with Crippen LogP contribution in [0, 0.1) is 17.2 Å². The van der Waals surface area contributed by atoms with Crippen LogP contribution in [0.4, 0.5) is 5.13 Å². The molecule has 1 aromatic heterocycles. The third-order valence-corrected chi connectivity index (χ3v) is 7.91. The van der Waals surface area contributed by atoms with Crippen LogP contribution in [0.1, 0.15) is 47.2 Å². The molecular formula is C25H26N4O3S2. The molecule has 1 amide bonds. The minimum Gasteiger partial charge on any atom is -0.302 e. The quantitative estimate of drug-likeness (QED) is 0.525. The number of nitrogens with one attached hydrogen (secondary N) is 1.